The molecule has 0 spiro atoms. The third-order valence-electron chi connectivity index (χ3n) is 5.11. The monoisotopic (exact) mass is 463 g/mol. The van der Waals surface area contributed by atoms with Gasteiger partial charge in [-0.1, -0.05) is 30.0 Å². The normalized spacial score (nSPS) is 17.0. The van der Waals surface area contributed by atoms with Crippen LogP contribution in [0.2, 0.25) is 0 Å². The van der Waals surface area contributed by atoms with Crippen LogP contribution in [0.3, 0.4) is 0 Å². The number of para-hydroxylation sites is 1. The number of carbonyl (C=O) groups is 2. The number of nitrogens with one attached hydrogen (secondary N) is 2. The van der Waals surface area contributed by atoms with Gasteiger partial charge in [0.25, 0.3) is 0 Å². The summed E-state index contributed by atoms with van der Waals surface area (Å²) in [6.45, 7) is 3.90. The Labute approximate surface area is 194 Å². The maximum atomic E-state index is 13.2. The molecular weight excluding hydrogens is 441 g/mol. The number of anilines is 1. The Morgan fingerprint density at radius 2 is 1.91 bits per heavy atom. The van der Waals surface area contributed by atoms with Crippen molar-refractivity contribution in [2.24, 2.45) is 10.2 Å². The summed E-state index contributed by atoms with van der Waals surface area (Å²) in [7, 11) is 0. The number of rotatable bonds is 6. The highest BCUT2D eigenvalue weighted by Gasteiger charge is 2.32. The first kappa shape index (κ1) is 22.5. The average molecular weight is 464 g/mol. The summed E-state index contributed by atoms with van der Waals surface area (Å²) in [5.74, 6) is -0.802. The zero-order valence-corrected chi connectivity index (χ0v) is 18.9. The van der Waals surface area contributed by atoms with Gasteiger partial charge in [0.15, 0.2) is 5.17 Å². The molecule has 2 heterocycles. The molecule has 0 bridgehead atoms. The summed E-state index contributed by atoms with van der Waals surface area (Å²) < 4.78 is 15.2. The fraction of sp³-hybridized carbons (Fsp3) is 0.167. The van der Waals surface area contributed by atoms with Crippen molar-refractivity contribution >= 4 is 40.6 Å². The number of hydrogen-bond donors (Lipinski definition) is 2. The van der Waals surface area contributed by atoms with Crippen LogP contribution in [0.1, 0.15) is 23.4 Å². The number of nitrogens with zero attached hydrogens (tertiary/aromatic N) is 3. The van der Waals surface area contributed by atoms with Gasteiger partial charge >= 0.3 is 0 Å². The van der Waals surface area contributed by atoms with Gasteiger partial charge in [-0.05, 0) is 56.3 Å². The van der Waals surface area contributed by atoms with E-state index in [1.807, 2.05) is 42.7 Å². The van der Waals surface area contributed by atoms with Gasteiger partial charge in [0.2, 0.25) is 11.8 Å². The van der Waals surface area contributed by atoms with Gasteiger partial charge in [-0.2, -0.15) is 5.10 Å². The SMILES string of the molecule is Cc1cc(C=NN=C2NC(=O)C(CC(=O)Nc3ccccc3)S2)c(C)n1-c1ccc(F)cc1. The second kappa shape index (κ2) is 9.83. The van der Waals surface area contributed by atoms with E-state index in [1.165, 1.54) is 23.9 Å². The number of aromatic nitrogens is 1. The number of aryl methyl sites for hydroxylation is 1. The lowest BCUT2D eigenvalue weighted by atomic mass is 10.2. The van der Waals surface area contributed by atoms with Crippen molar-refractivity contribution in [2.45, 2.75) is 25.5 Å². The van der Waals surface area contributed by atoms with Gasteiger partial charge in [0, 0.05) is 34.7 Å². The second-order valence-corrected chi connectivity index (χ2v) is 8.69. The molecule has 1 aliphatic heterocycles. The molecule has 33 heavy (non-hydrogen) atoms. The van der Waals surface area contributed by atoms with Crippen LogP contribution in [-0.2, 0) is 9.59 Å². The van der Waals surface area contributed by atoms with Gasteiger partial charge in [-0.25, -0.2) is 4.39 Å². The Hall–Kier alpha value is -3.72. The average Bonchev–Trinajstić information content (AvgIpc) is 3.27. The lowest BCUT2D eigenvalue weighted by molar-refractivity contribution is -0.122. The second-order valence-electron chi connectivity index (χ2n) is 7.50. The highest BCUT2D eigenvalue weighted by molar-refractivity contribution is 8.15. The van der Waals surface area contributed by atoms with Crippen LogP contribution in [0.25, 0.3) is 5.69 Å². The van der Waals surface area contributed by atoms with E-state index in [2.05, 4.69) is 20.8 Å². The molecule has 3 aromatic rings. The van der Waals surface area contributed by atoms with E-state index in [0.29, 0.717) is 10.9 Å². The van der Waals surface area contributed by atoms with Crippen LogP contribution >= 0.6 is 11.8 Å². The summed E-state index contributed by atoms with van der Waals surface area (Å²) in [6.07, 6.45) is 1.64. The Bertz CT molecular complexity index is 1240. The summed E-state index contributed by atoms with van der Waals surface area (Å²) >= 11 is 1.18. The minimum absolute atomic E-state index is 0.0347. The van der Waals surface area contributed by atoms with E-state index in [0.717, 1.165) is 22.6 Å². The summed E-state index contributed by atoms with van der Waals surface area (Å²) in [5, 5.41) is 13.4. The number of amides is 2. The quantitative estimate of drug-likeness (QED) is 0.425. The lowest BCUT2D eigenvalue weighted by Crippen LogP contribution is -2.28. The first-order valence-corrected chi connectivity index (χ1v) is 11.2. The minimum Gasteiger partial charge on any atom is -0.326 e. The Morgan fingerprint density at radius 1 is 1.18 bits per heavy atom. The van der Waals surface area contributed by atoms with Gasteiger partial charge in [-0.3, -0.25) is 9.59 Å². The molecule has 0 radical (unpaired) electrons. The molecule has 0 saturated carbocycles. The molecule has 2 amide bonds. The van der Waals surface area contributed by atoms with Gasteiger partial charge in [-0.15, -0.1) is 5.10 Å². The topological polar surface area (TPSA) is 87.8 Å². The molecular formula is C24H22FN5O2S. The molecule has 1 atom stereocenters. The number of hydrogen-bond acceptors (Lipinski definition) is 5. The molecule has 2 N–H and O–H groups in total. The minimum atomic E-state index is -0.564. The van der Waals surface area contributed by atoms with E-state index in [1.54, 1.807) is 30.5 Å². The molecule has 1 aliphatic rings. The third kappa shape index (κ3) is 5.38. The van der Waals surface area contributed by atoms with Gasteiger partial charge in [0.1, 0.15) is 11.1 Å². The predicted octanol–water partition coefficient (Wildman–Crippen LogP) is 4.18. The Morgan fingerprint density at radius 3 is 2.64 bits per heavy atom. The van der Waals surface area contributed by atoms with Crippen molar-refractivity contribution in [1.29, 1.82) is 0 Å². The van der Waals surface area contributed by atoms with Crippen molar-refractivity contribution in [3.63, 3.8) is 0 Å². The summed E-state index contributed by atoms with van der Waals surface area (Å²) in [5.41, 5.74) is 4.30. The Balaban J connectivity index is 1.40. The first-order chi connectivity index (χ1) is 15.9. The fourth-order valence-corrected chi connectivity index (χ4v) is 4.46. The molecule has 7 nitrogen and oxygen atoms in total. The zero-order valence-electron chi connectivity index (χ0n) is 18.1. The van der Waals surface area contributed by atoms with E-state index >= 15 is 0 Å². The predicted molar refractivity (Wildman–Crippen MR) is 129 cm³/mol. The number of benzene rings is 2. The molecule has 9 heteroatoms. The highest BCUT2D eigenvalue weighted by atomic mass is 32.2. The van der Waals surface area contributed by atoms with E-state index in [4.69, 9.17) is 0 Å². The number of carbonyl (C=O) groups excluding carboxylic acids is 2. The highest BCUT2D eigenvalue weighted by Crippen LogP contribution is 2.24. The number of amidine groups is 1. The summed E-state index contributed by atoms with van der Waals surface area (Å²) in [6, 6.07) is 17.3. The third-order valence-corrected chi connectivity index (χ3v) is 6.18. The molecule has 0 aliphatic carbocycles. The molecule has 1 saturated heterocycles. The molecule has 1 aromatic heterocycles. The lowest BCUT2D eigenvalue weighted by Gasteiger charge is -2.09. The van der Waals surface area contributed by atoms with Crippen LogP contribution in [0.4, 0.5) is 10.1 Å². The van der Waals surface area contributed by atoms with Crippen molar-refractivity contribution in [2.75, 3.05) is 5.32 Å². The van der Waals surface area contributed by atoms with Gasteiger partial charge in [0.05, 0.1) is 6.21 Å². The van der Waals surface area contributed by atoms with Crippen molar-refractivity contribution in [1.82, 2.24) is 9.88 Å². The van der Waals surface area contributed by atoms with E-state index in [9.17, 15) is 14.0 Å². The van der Waals surface area contributed by atoms with E-state index < -0.39 is 5.25 Å². The largest absolute Gasteiger partial charge is 0.326 e. The molecule has 1 fully saturated rings. The van der Waals surface area contributed by atoms with E-state index in [-0.39, 0.29) is 24.1 Å². The van der Waals surface area contributed by atoms with Gasteiger partial charge < -0.3 is 15.2 Å². The number of halogens is 1. The van der Waals surface area contributed by atoms with Crippen LogP contribution in [-0.4, -0.2) is 33.0 Å². The van der Waals surface area contributed by atoms with Crippen LogP contribution < -0.4 is 10.6 Å². The smallest absolute Gasteiger partial charge is 0.240 e. The van der Waals surface area contributed by atoms with Crippen molar-refractivity contribution < 1.29 is 14.0 Å². The number of thioether (sulfide) groups is 1. The molecule has 4 rings (SSSR count). The molecule has 1 unspecified atom stereocenters. The van der Waals surface area contributed by atoms with Crippen LogP contribution in [0.5, 0.6) is 0 Å². The van der Waals surface area contributed by atoms with Crippen LogP contribution in [0, 0.1) is 19.7 Å². The fourth-order valence-electron chi connectivity index (χ4n) is 3.54. The summed E-state index contributed by atoms with van der Waals surface area (Å²) in [4.78, 5) is 24.4. The zero-order chi connectivity index (χ0) is 23.4. The van der Waals surface area contributed by atoms with Crippen molar-refractivity contribution in [3.8, 4) is 5.69 Å². The Kier molecular flexibility index (Phi) is 6.69. The molecule has 2 aromatic carbocycles. The standard InChI is InChI=1S/C24H22FN5O2S/c1-15-12-17(16(2)30(15)20-10-8-18(25)9-11-20)14-26-29-24-28-23(32)21(33-24)13-22(31)27-19-6-4-3-5-7-19/h3-12,14,21H,13H2,1-2H3,(H,27,31)(H,28,29,32). The van der Waals surface area contributed by atoms with Crippen molar-refractivity contribution in [3.05, 3.63) is 83.4 Å². The van der Waals surface area contributed by atoms with Crippen LogP contribution in [0.15, 0.2) is 70.9 Å². The maximum absolute atomic E-state index is 13.2. The first-order valence-electron chi connectivity index (χ1n) is 10.3. The maximum Gasteiger partial charge on any atom is 0.240 e. The molecule has 168 valence electrons.